The van der Waals surface area contributed by atoms with E-state index in [2.05, 4.69) is 10.0 Å². The standard InChI is InChI=1S/C26H20N6O2/c27-31-30-20-10-6-18(7-11-20)15-23-26(34)32-16-24(19-8-12-21(33)13-9-19)28-22(25(32)29-23)14-17-4-2-1-3-5-17/h1-13,16,33-34H,14-15H2. The largest absolute Gasteiger partial charge is 0.508 e. The fourth-order valence-corrected chi connectivity index (χ4v) is 3.87. The average molecular weight is 448 g/mol. The Labute approximate surface area is 195 Å². The normalized spacial score (nSPS) is 10.8. The van der Waals surface area contributed by atoms with Crippen LogP contribution < -0.4 is 0 Å². The van der Waals surface area contributed by atoms with Crippen molar-refractivity contribution in [3.8, 4) is 22.9 Å². The number of azide groups is 1. The molecule has 2 N–H and O–H groups in total. The molecule has 5 rings (SSSR count). The molecule has 166 valence electrons. The van der Waals surface area contributed by atoms with E-state index in [-0.39, 0.29) is 11.6 Å². The first kappa shape index (κ1) is 21.1. The second kappa shape index (κ2) is 8.97. The maximum Gasteiger partial charge on any atom is 0.219 e. The van der Waals surface area contributed by atoms with Gasteiger partial charge in [-0.3, -0.25) is 4.40 Å². The average Bonchev–Trinajstić information content (AvgIpc) is 3.17. The van der Waals surface area contributed by atoms with Gasteiger partial charge < -0.3 is 10.2 Å². The lowest BCUT2D eigenvalue weighted by Gasteiger charge is -2.08. The zero-order valence-corrected chi connectivity index (χ0v) is 18.1. The molecule has 34 heavy (non-hydrogen) atoms. The molecule has 0 spiro atoms. The first-order chi connectivity index (χ1) is 16.6. The first-order valence-electron chi connectivity index (χ1n) is 10.7. The van der Waals surface area contributed by atoms with Crippen LogP contribution in [0.15, 0.2) is 90.2 Å². The number of benzene rings is 3. The van der Waals surface area contributed by atoms with Gasteiger partial charge in [-0.25, -0.2) is 9.97 Å². The van der Waals surface area contributed by atoms with Gasteiger partial charge in [0.1, 0.15) is 11.4 Å². The SMILES string of the molecule is [N-]=[N+]=Nc1ccc(Cc2nc3c(Cc4ccccc4)nc(-c4ccc(O)cc4)cn3c2O)cc1. The molecule has 0 bridgehead atoms. The summed E-state index contributed by atoms with van der Waals surface area (Å²) in [5.41, 5.74) is 14.4. The molecule has 0 aliphatic carbocycles. The highest BCUT2D eigenvalue weighted by molar-refractivity contribution is 5.64. The number of imidazole rings is 1. The van der Waals surface area contributed by atoms with Crippen molar-refractivity contribution in [1.29, 1.82) is 0 Å². The fraction of sp³-hybridized carbons (Fsp3) is 0.0769. The second-order valence-corrected chi connectivity index (χ2v) is 7.89. The van der Waals surface area contributed by atoms with Crippen LogP contribution in [0.1, 0.15) is 22.5 Å². The molecule has 0 radical (unpaired) electrons. The van der Waals surface area contributed by atoms with E-state index in [0.29, 0.717) is 35.6 Å². The van der Waals surface area contributed by atoms with Crippen LogP contribution in [0.4, 0.5) is 5.69 Å². The summed E-state index contributed by atoms with van der Waals surface area (Å²) >= 11 is 0. The Bertz CT molecular complexity index is 1500. The number of rotatable bonds is 6. The predicted molar refractivity (Wildman–Crippen MR) is 129 cm³/mol. The summed E-state index contributed by atoms with van der Waals surface area (Å²) in [6.45, 7) is 0. The molecule has 0 saturated heterocycles. The van der Waals surface area contributed by atoms with Crippen molar-refractivity contribution >= 4 is 11.3 Å². The molecule has 0 aliphatic heterocycles. The highest BCUT2D eigenvalue weighted by Crippen LogP contribution is 2.29. The number of hydrogen-bond acceptors (Lipinski definition) is 5. The van der Waals surface area contributed by atoms with E-state index in [1.54, 1.807) is 47.0 Å². The number of phenols is 1. The molecular weight excluding hydrogens is 428 g/mol. The molecule has 2 aromatic heterocycles. The Hall–Kier alpha value is -4.81. The smallest absolute Gasteiger partial charge is 0.219 e. The Morgan fingerprint density at radius 3 is 2.18 bits per heavy atom. The van der Waals surface area contributed by atoms with E-state index in [9.17, 15) is 10.2 Å². The van der Waals surface area contributed by atoms with Crippen LogP contribution in [0.3, 0.4) is 0 Å². The molecule has 0 atom stereocenters. The molecule has 0 amide bonds. The van der Waals surface area contributed by atoms with E-state index in [1.807, 2.05) is 42.5 Å². The van der Waals surface area contributed by atoms with Gasteiger partial charge in [0.15, 0.2) is 5.65 Å². The van der Waals surface area contributed by atoms with Crippen LogP contribution in [-0.4, -0.2) is 24.6 Å². The molecule has 2 heterocycles. The highest BCUT2D eigenvalue weighted by Gasteiger charge is 2.18. The lowest BCUT2D eigenvalue weighted by Crippen LogP contribution is -2.00. The van der Waals surface area contributed by atoms with Crippen molar-refractivity contribution in [1.82, 2.24) is 14.4 Å². The predicted octanol–water partition coefficient (Wildman–Crippen LogP) is 5.93. The second-order valence-electron chi connectivity index (χ2n) is 7.89. The maximum absolute atomic E-state index is 11.1. The van der Waals surface area contributed by atoms with E-state index < -0.39 is 0 Å². The summed E-state index contributed by atoms with van der Waals surface area (Å²) in [4.78, 5) is 12.4. The van der Waals surface area contributed by atoms with Gasteiger partial charge in [-0.2, -0.15) is 0 Å². The fourth-order valence-electron chi connectivity index (χ4n) is 3.87. The van der Waals surface area contributed by atoms with Gasteiger partial charge in [-0.15, -0.1) is 0 Å². The van der Waals surface area contributed by atoms with Gasteiger partial charge in [0.05, 0.1) is 11.4 Å². The van der Waals surface area contributed by atoms with Gasteiger partial charge in [0.25, 0.3) is 0 Å². The zero-order valence-electron chi connectivity index (χ0n) is 18.1. The van der Waals surface area contributed by atoms with Crippen LogP contribution in [0.25, 0.3) is 27.3 Å². The van der Waals surface area contributed by atoms with Gasteiger partial charge in [0, 0.05) is 35.2 Å². The lowest BCUT2D eigenvalue weighted by molar-refractivity contribution is 0.442. The van der Waals surface area contributed by atoms with E-state index in [4.69, 9.17) is 15.5 Å². The van der Waals surface area contributed by atoms with E-state index in [0.717, 1.165) is 22.4 Å². The zero-order chi connectivity index (χ0) is 23.5. The molecule has 3 aromatic carbocycles. The minimum Gasteiger partial charge on any atom is -0.508 e. The summed E-state index contributed by atoms with van der Waals surface area (Å²) in [5.74, 6) is 0.222. The Balaban J connectivity index is 1.60. The third kappa shape index (κ3) is 4.26. The molecule has 8 nitrogen and oxygen atoms in total. The molecule has 0 unspecified atom stereocenters. The van der Waals surface area contributed by atoms with Crippen LogP contribution in [0, 0.1) is 0 Å². The van der Waals surface area contributed by atoms with Crippen LogP contribution in [0.2, 0.25) is 0 Å². The van der Waals surface area contributed by atoms with Crippen molar-refractivity contribution in [2.75, 3.05) is 0 Å². The van der Waals surface area contributed by atoms with Crippen molar-refractivity contribution in [2.24, 2.45) is 5.11 Å². The van der Waals surface area contributed by atoms with E-state index >= 15 is 0 Å². The van der Waals surface area contributed by atoms with Crippen LogP contribution in [0.5, 0.6) is 11.6 Å². The van der Waals surface area contributed by atoms with Crippen molar-refractivity contribution < 1.29 is 10.2 Å². The van der Waals surface area contributed by atoms with Gasteiger partial charge in [-0.1, -0.05) is 59.7 Å². The molecule has 0 aliphatic rings. The number of fused-ring (bicyclic) bond motifs is 1. The first-order valence-corrected chi connectivity index (χ1v) is 10.7. The van der Waals surface area contributed by atoms with Gasteiger partial charge in [0.2, 0.25) is 5.88 Å². The van der Waals surface area contributed by atoms with Crippen LogP contribution >= 0.6 is 0 Å². The number of nitrogens with zero attached hydrogens (tertiary/aromatic N) is 6. The van der Waals surface area contributed by atoms with Crippen molar-refractivity contribution in [3.63, 3.8) is 0 Å². The van der Waals surface area contributed by atoms with E-state index in [1.165, 1.54) is 0 Å². The molecule has 8 heteroatoms. The molecule has 0 saturated carbocycles. The summed E-state index contributed by atoms with van der Waals surface area (Å²) in [6, 6.07) is 23.9. The minimum atomic E-state index is 0.0471. The summed E-state index contributed by atoms with van der Waals surface area (Å²) in [5, 5.41) is 24.3. The number of aromatic nitrogens is 3. The Morgan fingerprint density at radius 1 is 0.794 bits per heavy atom. The van der Waals surface area contributed by atoms with Crippen molar-refractivity contribution in [3.05, 3.63) is 118 Å². The molecular formula is C26H20N6O2. The number of hydrogen-bond donors (Lipinski definition) is 2. The lowest BCUT2D eigenvalue weighted by atomic mass is 10.1. The third-order valence-corrected chi connectivity index (χ3v) is 5.57. The molecule has 0 fully saturated rings. The molecule has 5 aromatic rings. The number of phenolic OH excluding ortho intramolecular Hbond substituents is 1. The van der Waals surface area contributed by atoms with Gasteiger partial charge >= 0.3 is 0 Å². The Kier molecular flexibility index (Phi) is 5.56. The quantitative estimate of drug-likeness (QED) is 0.190. The summed E-state index contributed by atoms with van der Waals surface area (Å²) < 4.78 is 1.66. The summed E-state index contributed by atoms with van der Waals surface area (Å²) in [7, 11) is 0. The third-order valence-electron chi connectivity index (χ3n) is 5.57. The van der Waals surface area contributed by atoms with Gasteiger partial charge in [-0.05, 0) is 40.9 Å². The summed E-state index contributed by atoms with van der Waals surface area (Å²) in [6.07, 6.45) is 2.71. The monoisotopic (exact) mass is 448 g/mol. The number of aromatic hydroxyl groups is 2. The van der Waals surface area contributed by atoms with Crippen LogP contribution in [-0.2, 0) is 12.8 Å². The maximum atomic E-state index is 11.1. The minimum absolute atomic E-state index is 0.0471. The highest BCUT2D eigenvalue weighted by atomic mass is 16.3. The topological polar surface area (TPSA) is 119 Å². The van der Waals surface area contributed by atoms with Crippen molar-refractivity contribution in [2.45, 2.75) is 12.8 Å². The Morgan fingerprint density at radius 2 is 1.47 bits per heavy atom.